The van der Waals surface area contributed by atoms with Gasteiger partial charge < -0.3 is 30.7 Å². The minimum Gasteiger partial charge on any atom is -0.433 e. The van der Waals surface area contributed by atoms with Crippen LogP contribution in [0.25, 0.3) is 0 Å². The van der Waals surface area contributed by atoms with Crippen molar-refractivity contribution >= 4 is 52.6 Å². The first kappa shape index (κ1) is 27.7. The van der Waals surface area contributed by atoms with Crippen molar-refractivity contribution in [3.63, 3.8) is 0 Å². The van der Waals surface area contributed by atoms with Crippen LogP contribution in [0.15, 0.2) is 42.5 Å². The number of anilines is 1. The summed E-state index contributed by atoms with van der Waals surface area (Å²) in [6, 6.07) is 9.73. The fraction of sp³-hybridized carbons (Fsp3) is 0.385. The van der Waals surface area contributed by atoms with Gasteiger partial charge in [-0.15, -0.1) is 0 Å². The molecule has 2 unspecified atom stereocenters. The van der Waals surface area contributed by atoms with Gasteiger partial charge in [-0.05, 0) is 37.5 Å². The number of halogens is 2. The molecule has 2 aromatic carbocycles. The molecule has 3 amide bonds. The maximum atomic E-state index is 13.2. The minimum absolute atomic E-state index is 0.0367. The summed E-state index contributed by atoms with van der Waals surface area (Å²) in [6.07, 6.45) is 0.0829. The molecule has 2 aliphatic heterocycles. The molecule has 0 radical (unpaired) electrons. The molecule has 0 bridgehead atoms. The van der Waals surface area contributed by atoms with E-state index >= 15 is 0 Å². The summed E-state index contributed by atoms with van der Waals surface area (Å²) in [5.74, 6) is -1.87. The first-order valence-electron chi connectivity index (χ1n) is 12.1. The van der Waals surface area contributed by atoms with Crippen molar-refractivity contribution in [1.29, 1.82) is 0 Å². The van der Waals surface area contributed by atoms with Gasteiger partial charge >= 0.3 is 5.97 Å². The van der Waals surface area contributed by atoms with E-state index in [0.29, 0.717) is 19.4 Å². The summed E-state index contributed by atoms with van der Waals surface area (Å²) < 4.78 is 11.0. The summed E-state index contributed by atoms with van der Waals surface area (Å²) in [6.45, 7) is 2.09. The van der Waals surface area contributed by atoms with E-state index in [1.165, 1.54) is 24.0 Å². The number of nitrogens with one attached hydrogen (secondary N) is 2. The Kier molecular flexibility index (Phi) is 8.76. The zero-order valence-electron chi connectivity index (χ0n) is 20.6. The largest absolute Gasteiger partial charge is 0.433 e. The van der Waals surface area contributed by atoms with E-state index < -0.39 is 48.1 Å². The Balaban J connectivity index is 1.35. The number of esters is 1. The van der Waals surface area contributed by atoms with Crippen LogP contribution in [0.3, 0.4) is 0 Å². The Morgan fingerprint density at radius 1 is 1.18 bits per heavy atom. The highest BCUT2D eigenvalue weighted by Gasteiger charge is 2.41. The Hall–Kier alpha value is -3.34. The number of nitrogen functional groups attached to an aromatic ring is 1. The third kappa shape index (κ3) is 6.38. The molecule has 4 rings (SSSR count). The van der Waals surface area contributed by atoms with Crippen molar-refractivity contribution < 1.29 is 28.7 Å². The fourth-order valence-electron chi connectivity index (χ4n) is 4.45. The van der Waals surface area contributed by atoms with Gasteiger partial charge in [0.1, 0.15) is 18.1 Å². The number of hydrogen-bond acceptors (Lipinski definition) is 7. The lowest BCUT2D eigenvalue weighted by Crippen LogP contribution is -2.54. The molecular weight excluding hydrogens is 535 g/mol. The van der Waals surface area contributed by atoms with Crippen LogP contribution < -0.4 is 16.4 Å². The molecule has 2 aliphatic rings. The predicted octanol–water partition coefficient (Wildman–Crippen LogP) is 2.66. The average molecular weight is 563 g/mol. The molecule has 12 heteroatoms. The van der Waals surface area contributed by atoms with Gasteiger partial charge in [0.15, 0.2) is 0 Å². The van der Waals surface area contributed by atoms with Crippen LogP contribution in [0.5, 0.6) is 0 Å². The lowest BCUT2D eigenvalue weighted by Gasteiger charge is -2.28. The molecule has 202 valence electrons. The predicted molar refractivity (Wildman–Crippen MR) is 140 cm³/mol. The van der Waals surface area contributed by atoms with E-state index in [-0.39, 0.29) is 34.3 Å². The fourth-order valence-corrected chi connectivity index (χ4v) is 4.93. The number of hydrogen-bond donors (Lipinski definition) is 3. The summed E-state index contributed by atoms with van der Waals surface area (Å²) >= 11 is 12.0. The van der Waals surface area contributed by atoms with Crippen LogP contribution >= 0.6 is 23.2 Å². The van der Waals surface area contributed by atoms with E-state index in [4.69, 9.17) is 38.4 Å². The van der Waals surface area contributed by atoms with Crippen LogP contribution in [0.2, 0.25) is 10.0 Å². The molecular formula is C26H28Cl2N4O6. The van der Waals surface area contributed by atoms with Gasteiger partial charge in [0.2, 0.25) is 18.1 Å². The second-order valence-electron chi connectivity index (χ2n) is 9.21. The number of nitrogens with two attached hydrogens (primary N) is 1. The van der Waals surface area contributed by atoms with E-state index in [0.717, 1.165) is 5.56 Å². The molecule has 38 heavy (non-hydrogen) atoms. The molecule has 0 aromatic heterocycles. The van der Waals surface area contributed by atoms with Crippen LogP contribution in [-0.2, 0) is 30.5 Å². The van der Waals surface area contributed by atoms with Crippen molar-refractivity contribution in [1.82, 2.24) is 15.5 Å². The summed E-state index contributed by atoms with van der Waals surface area (Å²) in [5.41, 5.74) is 6.92. The number of amides is 3. The van der Waals surface area contributed by atoms with Gasteiger partial charge in [-0.3, -0.25) is 19.2 Å². The highest BCUT2D eigenvalue weighted by molar-refractivity contribution is 6.39. The molecule has 10 nitrogen and oxygen atoms in total. The molecule has 4 atom stereocenters. The zero-order valence-corrected chi connectivity index (χ0v) is 22.1. The number of carbonyl (C=O) groups excluding carboxylic acids is 4. The number of rotatable bonds is 8. The SMILES string of the molecule is C[C@H](NC(=O)c1cc(Cl)c(N)c(Cl)c1)C(=O)N1CCC[C@H]1C(=O)NC1CC(=O)OC1OCc1ccccc1. The Bertz CT molecular complexity index is 1200. The van der Waals surface area contributed by atoms with Crippen LogP contribution in [0.1, 0.15) is 42.1 Å². The average Bonchev–Trinajstić information content (AvgIpc) is 3.52. The van der Waals surface area contributed by atoms with E-state index in [1.54, 1.807) is 0 Å². The molecule has 0 aliphatic carbocycles. The van der Waals surface area contributed by atoms with Crippen molar-refractivity contribution in [2.45, 2.75) is 57.2 Å². The van der Waals surface area contributed by atoms with Crippen LogP contribution in [0.4, 0.5) is 5.69 Å². The van der Waals surface area contributed by atoms with Crippen molar-refractivity contribution in [2.24, 2.45) is 0 Å². The van der Waals surface area contributed by atoms with Crippen molar-refractivity contribution in [2.75, 3.05) is 12.3 Å². The first-order chi connectivity index (χ1) is 18.1. The second kappa shape index (κ2) is 12.0. The molecule has 0 spiro atoms. The zero-order chi connectivity index (χ0) is 27.4. The van der Waals surface area contributed by atoms with E-state index in [9.17, 15) is 19.2 Å². The number of nitrogens with zero attached hydrogens (tertiary/aromatic N) is 1. The molecule has 2 aromatic rings. The number of carbonyl (C=O) groups is 4. The number of ether oxygens (including phenoxy) is 2. The molecule has 2 heterocycles. The topological polar surface area (TPSA) is 140 Å². The van der Waals surface area contributed by atoms with Gasteiger partial charge in [-0.1, -0.05) is 53.5 Å². The monoisotopic (exact) mass is 562 g/mol. The molecule has 2 fully saturated rings. The second-order valence-corrected chi connectivity index (χ2v) is 10.0. The lowest BCUT2D eigenvalue weighted by atomic mass is 10.1. The highest BCUT2D eigenvalue weighted by atomic mass is 35.5. The molecule has 4 N–H and O–H groups in total. The summed E-state index contributed by atoms with van der Waals surface area (Å²) in [7, 11) is 0. The molecule has 2 saturated heterocycles. The number of likely N-dealkylation sites (tertiary alicyclic amines) is 1. The Morgan fingerprint density at radius 2 is 1.87 bits per heavy atom. The van der Waals surface area contributed by atoms with E-state index in [2.05, 4.69) is 10.6 Å². The standard InChI is InChI=1S/C26H28Cl2N4O6/c1-14(30-23(34)16-10-17(27)22(29)18(28)11-16)25(36)32-9-5-8-20(32)24(35)31-19-12-21(33)38-26(19)37-13-15-6-3-2-4-7-15/h2-4,6-7,10-11,14,19-20,26H,5,8-9,12-13,29H2,1H3,(H,30,34)(H,31,35)/t14-,19?,20-,26?/m0/s1. The first-order valence-corrected chi connectivity index (χ1v) is 12.9. The van der Waals surface area contributed by atoms with Crippen LogP contribution in [-0.4, -0.2) is 59.6 Å². The van der Waals surface area contributed by atoms with Crippen LogP contribution in [0, 0.1) is 0 Å². The van der Waals surface area contributed by atoms with Crippen molar-refractivity contribution in [3.05, 3.63) is 63.6 Å². The summed E-state index contributed by atoms with van der Waals surface area (Å²) in [4.78, 5) is 52.4. The van der Waals surface area contributed by atoms with E-state index in [1.807, 2.05) is 30.3 Å². The van der Waals surface area contributed by atoms with Gasteiger partial charge in [-0.25, -0.2) is 0 Å². The Labute approximate surface area is 229 Å². The summed E-state index contributed by atoms with van der Waals surface area (Å²) in [5, 5.41) is 5.68. The quantitative estimate of drug-likeness (QED) is 0.332. The number of cyclic esters (lactones) is 1. The van der Waals surface area contributed by atoms with Gasteiger partial charge in [0, 0.05) is 12.1 Å². The number of benzene rings is 2. The molecule has 0 saturated carbocycles. The third-order valence-corrected chi connectivity index (χ3v) is 7.07. The maximum absolute atomic E-state index is 13.2. The normalized spacial score (nSPS) is 21.6. The van der Waals surface area contributed by atoms with Gasteiger partial charge in [0.25, 0.3) is 5.91 Å². The maximum Gasteiger partial charge on any atom is 0.310 e. The van der Waals surface area contributed by atoms with Crippen molar-refractivity contribution in [3.8, 4) is 0 Å². The third-order valence-electron chi connectivity index (χ3n) is 6.45. The van der Waals surface area contributed by atoms with Gasteiger partial charge in [-0.2, -0.15) is 0 Å². The smallest absolute Gasteiger partial charge is 0.310 e. The highest BCUT2D eigenvalue weighted by Crippen LogP contribution is 2.29. The lowest BCUT2D eigenvalue weighted by molar-refractivity contribution is -0.168. The minimum atomic E-state index is -0.936. The Morgan fingerprint density at radius 3 is 2.55 bits per heavy atom. The van der Waals surface area contributed by atoms with Gasteiger partial charge in [0.05, 0.1) is 28.8 Å².